The molecule has 3 nitrogen and oxygen atoms in total. The number of aliphatic hydroxyl groups is 1. The molecule has 1 rings (SSSR count). The highest BCUT2D eigenvalue weighted by molar-refractivity contribution is 4.55. The Balaban J connectivity index is 1.63. The van der Waals surface area contributed by atoms with Crippen LogP contribution in [0, 0.1) is 0 Å². The Hall–Kier alpha value is -0.120. The van der Waals surface area contributed by atoms with Gasteiger partial charge in [0, 0.05) is 19.8 Å². The van der Waals surface area contributed by atoms with Crippen LogP contribution >= 0.6 is 0 Å². The third kappa shape index (κ3) is 19.8. The van der Waals surface area contributed by atoms with Crippen molar-refractivity contribution in [3.05, 3.63) is 0 Å². The van der Waals surface area contributed by atoms with Crippen LogP contribution in [-0.2, 0) is 9.47 Å². The molecule has 0 saturated carbocycles. The second kappa shape index (κ2) is 23.5. The standard InChI is InChI=1S/C27H54O3/c28-24-20-17-15-13-11-9-7-5-3-1-2-4-6-8-10-12-14-16-18-21-25-29-27-23-19-22-26-30-27/h27-28H,1-26H2. The van der Waals surface area contributed by atoms with Crippen molar-refractivity contribution in [2.24, 2.45) is 0 Å². The summed E-state index contributed by atoms with van der Waals surface area (Å²) in [5.74, 6) is 0. The molecule has 0 bridgehead atoms. The highest BCUT2D eigenvalue weighted by Crippen LogP contribution is 2.16. The number of unbranched alkanes of at least 4 members (excludes halogenated alkanes) is 19. The molecule has 1 N–H and O–H groups in total. The van der Waals surface area contributed by atoms with Crippen molar-refractivity contribution >= 4 is 0 Å². The molecule has 180 valence electrons. The molecule has 30 heavy (non-hydrogen) atoms. The number of ether oxygens (including phenoxy) is 2. The average molecular weight is 427 g/mol. The molecule has 0 amide bonds. The maximum Gasteiger partial charge on any atom is 0.157 e. The van der Waals surface area contributed by atoms with Crippen LogP contribution in [0.25, 0.3) is 0 Å². The molecule has 0 aliphatic carbocycles. The van der Waals surface area contributed by atoms with Gasteiger partial charge in [0.25, 0.3) is 0 Å². The smallest absolute Gasteiger partial charge is 0.157 e. The van der Waals surface area contributed by atoms with E-state index in [9.17, 15) is 0 Å². The topological polar surface area (TPSA) is 38.7 Å². The van der Waals surface area contributed by atoms with E-state index in [1.165, 1.54) is 135 Å². The maximum atomic E-state index is 8.75. The molecule has 0 radical (unpaired) electrons. The van der Waals surface area contributed by atoms with Gasteiger partial charge in [0.05, 0.1) is 0 Å². The predicted octanol–water partition coefficient (Wildman–Crippen LogP) is 8.32. The van der Waals surface area contributed by atoms with Gasteiger partial charge in [-0.1, -0.05) is 116 Å². The van der Waals surface area contributed by atoms with Crippen LogP contribution in [0.2, 0.25) is 0 Å². The van der Waals surface area contributed by atoms with Crippen molar-refractivity contribution in [3.8, 4) is 0 Å². The fourth-order valence-electron chi connectivity index (χ4n) is 4.45. The summed E-state index contributed by atoms with van der Waals surface area (Å²) in [6, 6.07) is 0. The largest absolute Gasteiger partial charge is 0.396 e. The molecule has 3 heteroatoms. The van der Waals surface area contributed by atoms with Gasteiger partial charge < -0.3 is 14.6 Å². The van der Waals surface area contributed by atoms with E-state index in [0.717, 1.165) is 26.1 Å². The lowest BCUT2D eigenvalue weighted by Crippen LogP contribution is -2.22. The summed E-state index contributed by atoms with van der Waals surface area (Å²) in [4.78, 5) is 0. The average Bonchev–Trinajstić information content (AvgIpc) is 2.78. The molecule has 0 spiro atoms. The molecule has 1 aliphatic heterocycles. The number of hydrogen-bond donors (Lipinski definition) is 1. The molecule has 1 heterocycles. The summed E-state index contributed by atoms with van der Waals surface area (Å²) in [6.45, 7) is 2.14. The summed E-state index contributed by atoms with van der Waals surface area (Å²) >= 11 is 0. The molecule has 0 aromatic rings. The van der Waals surface area contributed by atoms with Gasteiger partial charge in [-0.2, -0.15) is 0 Å². The maximum absolute atomic E-state index is 8.75. The summed E-state index contributed by atoms with van der Waals surface area (Å²) in [5, 5.41) is 8.75. The van der Waals surface area contributed by atoms with Crippen LogP contribution in [0.1, 0.15) is 148 Å². The summed E-state index contributed by atoms with van der Waals surface area (Å²) < 4.78 is 11.4. The van der Waals surface area contributed by atoms with Crippen molar-refractivity contribution in [1.82, 2.24) is 0 Å². The van der Waals surface area contributed by atoms with Crippen LogP contribution < -0.4 is 0 Å². The van der Waals surface area contributed by atoms with Gasteiger partial charge in [0.2, 0.25) is 0 Å². The van der Waals surface area contributed by atoms with Crippen LogP contribution in [-0.4, -0.2) is 31.2 Å². The molecule has 1 atom stereocenters. The van der Waals surface area contributed by atoms with Crippen LogP contribution in [0.5, 0.6) is 0 Å². The van der Waals surface area contributed by atoms with Crippen molar-refractivity contribution < 1.29 is 14.6 Å². The summed E-state index contributed by atoms with van der Waals surface area (Å²) in [5.41, 5.74) is 0. The van der Waals surface area contributed by atoms with Gasteiger partial charge >= 0.3 is 0 Å². The van der Waals surface area contributed by atoms with Crippen LogP contribution in [0.3, 0.4) is 0 Å². The molecular formula is C27H54O3. The fraction of sp³-hybridized carbons (Fsp3) is 1.00. The highest BCUT2D eigenvalue weighted by atomic mass is 16.7. The van der Waals surface area contributed by atoms with Gasteiger partial charge in [-0.05, 0) is 32.1 Å². The van der Waals surface area contributed by atoms with Crippen molar-refractivity contribution in [2.75, 3.05) is 19.8 Å². The minimum absolute atomic E-state index is 0.0944. The predicted molar refractivity (Wildman–Crippen MR) is 129 cm³/mol. The Morgan fingerprint density at radius 1 is 0.533 bits per heavy atom. The van der Waals surface area contributed by atoms with Crippen LogP contribution in [0.15, 0.2) is 0 Å². The number of rotatable bonds is 23. The molecule has 1 fully saturated rings. The molecule has 1 aliphatic rings. The zero-order chi connectivity index (χ0) is 21.4. The SMILES string of the molecule is OCCCCCCCCCCCCCCCCCCCCCCOC1CCCCO1. The number of aliphatic hydroxyl groups excluding tert-OH is 1. The normalized spacial score (nSPS) is 16.9. The minimum Gasteiger partial charge on any atom is -0.396 e. The Kier molecular flexibility index (Phi) is 21.9. The lowest BCUT2D eigenvalue weighted by molar-refractivity contribution is -0.162. The van der Waals surface area contributed by atoms with Gasteiger partial charge in [0.15, 0.2) is 6.29 Å². The fourth-order valence-corrected chi connectivity index (χ4v) is 4.45. The first-order chi connectivity index (χ1) is 14.9. The highest BCUT2D eigenvalue weighted by Gasteiger charge is 2.13. The first-order valence-corrected chi connectivity index (χ1v) is 13.8. The second-order valence-corrected chi connectivity index (χ2v) is 9.46. The monoisotopic (exact) mass is 426 g/mol. The van der Waals surface area contributed by atoms with E-state index in [4.69, 9.17) is 14.6 Å². The molecule has 0 aromatic heterocycles. The second-order valence-electron chi connectivity index (χ2n) is 9.46. The summed E-state index contributed by atoms with van der Waals surface area (Å²) in [7, 11) is 0. The van der Waals surface area contributed by atoms with Crippen molar-refractivity contribution in [3.63, 3.8) is 0 Å². The van der Waals surface area contributed by atoms with Crippen molar-refractivity contribution in [2.45, 2.75) is 154 Å². The Morgan fingerprint density at radius 3 is 1.30 bits per heavy atom. The lowest BCUT2D eigenvalue weighted by atomic mass is 10.0. The van der Waals surface area contributed by atoms with Gasteiger partial charge in [0.1, 0.15) is 0 Å². The van der Waals surface area contributed by atoms with Crippen LogP contribution in [0.4, 0.5) is 0 Å². The van der Waals surface area contributed by atoms with E-state index in [1.54, 1.807) is 0 Å². The summed E-state index contributed by atoms with van der Waals surface area (Å²) in [6.07, 6.45) is 31.1. The van der Waals surface area contributed by atoms with Gasteiger partial charge in [-0.3, -0.25) is 0 Å². The molecular weight excluding hydrogens is 372 g/mol. The van der Waals surface area contributed by atoms with Gasteiger partial charge in [-0.25, -0.2) is 0 Å². The van der Waals surface area contributed by atoms with Crippen molar-refractivity contribution in [1.29, 1.82) is 0 Å². The van der Waals surface area contributed by atoms with Gasteiger partial charge in [-0.15, -0.1) is 0 Å². The molecule has 0 aromatic carbocycles. The first-order valence-electron chi connectivity index (χ1n) is 13.8. The minimum atomic E-state index is 0.0944. The third-order valence-corrected chi connectivity index (χ3v) is 6.49. The molecule has 1 saturated heterocycles. The third-order valence-electron chi connectivity index (χ3n) is 6.49. The Bertz CT molecular complexity index is 315. The first kappa shape index (κ1) is 27.9. The molecule has 1 unspecified atom stereocenters. The lowest BCUT2D eigenvalue weighted by Gasteiger charge is -2.22. The van der Waals surface area contributed by atoms with E-state index in [2.05, 4.69) is 0 Å². The Morgan fingerprint density at radius 2 is 0.933 bits per heavy atom. The van der Waals surface area contributed by atoms with E-state index >= 15 is 0 Å². The quantitative estimate of drug-likeness (QED) is 0.167. The Labute approximate surface area is 188 Å². The zero-order valence-electron chi connectivity index (χ0n) is 20.2. The zero-order valence-corrected chi connectivity index (χ0v) is 20.2. The van der Waals surface area contributed by atoms with E-state index in [-0.39, 0.29) is 6.29 Å². The number of hydrogen-bond acceptors (Lipinski definition) is 3. The van der Waals surface area contributed by atoms with E-state index in [0.29, 0.717) is 6.61 Å². The van der Waals surface area contributed by atoms with E-state index in [1.807, 2.05) is 0 Å². The van der Waals surface area contributed by atoms with E-state index < -0.39 is 0 Å².